The fraction of sp³-hybridized carbons (Fsp3) is 0.0476. The van der Waals surface area contributed by atoms with Crippen LogP contribution in [-0.2, 0) is 4.79 Å². The summed E-state index contributed by atoms with van der Waals surface area (Å²) in [6.07, 6.45) is 0. The van der Waals surface area contributed by atoms with Gasteiger partial charge in [0.25, 0.3) is 0 Å². The first-order chi connectivity index (χ1) is 12.1. The van der Waals surface area contributed by atoms with Crippen molar-refractivity contribution in [1.82, 2.24) is 0 Å². The Hall–Kier alpha value is -3.40. The van der Waals surface area contributed by atoms with Gasteiger partial charge in [0.1, 0.15) is 5.75 Å². The third kappa shape index (κ3) is 4.12. The summed E-state index contributed by atoms with van der Waals surface area (Å²) in [5, 5.41) is 8.61. The highest BCUT2D eigenvalue weighted by atomic mass is 16.5. The van der Waals surface area contributed by atoms with E-state index in [-0.39, 0.29) is 12.4 Å². The average Bonchev–Trinajstić information content (AvgIpc) is 2.67. The monoisotopic (exact) mass is 332 g/mol. The van der Waals surface area contributed by atoms with E-state index in [2.05, 4.69) is 0 Å². The zero-order valence-electron chi connectivity index (χ0n) is 13.4. The Labute approximate surface area is 145 Å². The number of ether oxygens (including phenoxy) is 1. The Balaban J connectivity index is 1.74. The predicted molar refractivity (Wildman–Crippen MR) is 94.9 cm³/mol. The van der Waals surface area contributed by atoms with Crippen LogP contribution < -0.4 is 4.74 Å². The maximum Gasteiger partial charge on any atom is 0.341 e. The van der Waals surface area contributed by atoms with E-state index < -0.39 is 5.97 Å². The van der Waals surface area contributed by atoms with Crippen LogP contribution in [0.25, 0.3) is 11.1 Å². The SMILES string of the molecule is O=C(O)COc1ccc(-c2ccc(C(=O)c3ccccc3)cc2)cc1. The smallest absolute Gasteiger partial charge is 0.341 e. The summed E-state index contributed by atoms with van der Waals surface area (Å²) in [6.45, 7) is -0.365. The second-order valence-corrected chi connectivity index (χ2v) is 5.48. The van der Waals surface area contributed by atoms with Crippen molar-refractivity contribution in [3.63, 3.8) is 0 Å². The fourth-order valence-electron chi connectivity index (χ4n) is 2.46. The van der Waals surface area contributed by atoms with Crippen molar-refractivity contribution in [3.8, 4) is 16.9 Å². The molecule has 0 bridgehead atoms. The van der Waals surface area contributed by atoms with E-state index in [4.69, 9.17) is 9.84 Å². The van der Waals surface area contributed by atoms with E-state index >= 15 is 0 Å². The number of rotatable bonds is 6. The van der Waals surface area contributed by atoms with E-state index in [1.54, 1.807) is 36.4 Å². The van der Waals surface area contributed by atoms with E-state index in [0.717, 1.165) is 11.1 Å². The summed E-state index contributed by atoms with van der Waals surface area (Å²) < 4.78 is 5.11. The van der Waals surface area contributed by atoms with Crippen molar-refractivity contribution in [3.05, 3.63) is 90.0 Å². The van der Waals surface area contributed by atoms with Gasteiger partial charge in [0.05, 0.1) is 0 Å². The van der Waals surface area contributed by atoms with Crippen molar-refractivity contribution >= 4 is 11.8 Å². The Kier molecular flexibility index (Phi) is 4.90. The van der Waals surface area contributed by atoms with Gasteiger partial charge in [-0.2, -0.15) is 0 Å². The minimum absolute atomic E-state index is 0.00966. The summed E-state index contributed by atoms with van der Waals surface area (Å²) in [4.78, 5) is 22.9. The van der Waals surface area contributed by atoms with Crippen LogP contribution in [0.2, 0.25) is 0 Å². The molecule has 3 aromatic rings. The van der Waals surface area contributed by atoms with Crippen LogP contribution >= 0.6 is 0 Å². The van der Waals surface area contributed by atoms with Gasteiger partial charge in [-0.1, -0.05) is 66.7 Å². The topological polar surface area (TPSA) is 63.6 Å². The summed E-state index contributed by atoms with van der Waals surface area (Å²) in [6, 6.07) is 23.7. The Morgan fingerprint density at radius 3 is 1.80 bits per heavy atom. The second-order valence-electron chi connectivity index (χ2n) is 5.48. The molecular weight excluding hydrogens is 316 g/mol. The predicted octanol–water partition coefficient (Wildman–Crippen LogP) is 4.05. The molecule has 25 heavy (non-hydrogen) atoms. The third-order valence-corrected chi connectivity index (χ3v) is 3.73. The number of hydrogen-bond acceptors (Lipinski definition) is 3. The first-order valence-corrected chi connectivity index (χ1v) is 7.78. The summed E-state index contributed by atoms with van der Waals surface area (Å²) in [7, 11) is 0. The number of hydrogen-bond donors (Lipinski definition) is 1. The number of ketones is 1. The van der Waals surface area contributed by atoms with E-state index in [0.29, 0.717) is 16.9 Å². The molecule has 0 aliphatic rings. The molecule has 0 aliphatic carbocycles. The molecule has 0 radical (unpaired) electrons. The van der Waals surface area contributed by atoms with Crippen LogP contribution in [-0.4, -0.2) is 23.5 Å². The zero-order valence-corrected chi connectivity index (χ0v) is 13.4. The molecule has 3 aromatic carbocycles. The van der Waals surface area contributed by atoms with E-state index in [9.17, 15) is 9.59 Å². The van der Waals surface area contributed by atoms with E-state index in [1.165, 1.54) is 0 Å². The molecular formula is C21H16O4. The highest BCUT2D eigenvalue weighted by molar-refractivity contribution is 6.09. The molecule has 0 amide bonds. The maximum atomic E-state index is 12.4. The number of carbonyl (C=O) groups is 2. The number of aliphatic carboxylic acids is 1. The first-order valence-electron chi connectivity index (χ1n) is 7.78. The van der Waals surface area contributed by atoms with Gasteiger partial charge in [0.15, 0.2) is 12.4 Å². The molecule has 0 fully saturated rings. The fourth-order valence-corrected chi connectivity index (χ4v) is 2.46. The molecule has 4 nitrogen and oxygen atoms in total. The lowest BCUT2D eigenvalue weighted by atomic mass is 9.99. The highest BCUT2D eigenvalue weighted by Crippen LogP contribution is 2.23. The van der Waals surface area contributed by atoms with Crippen molar-refractivity contribution in [2.45, 2.75) is 0 Å². The number of benzene rings is 3. The quantitative estimate of drug-likeness (QED) is 0.692. The average molecular weight is 332 g/mol. The lowest BCUT2D eigenvalue weighted by Crippen LogP contribution is -2.09. The van der Waals surface area contributed by atoms with Crippen molar-refractivity contribution < 1.29 is 19.4 Å². The van der Waals surface area contributed by atoms with Crippen molar-refractivity contribution in [1.29, 1.82) is 0 Å². The molecule has 1 N–H and O–H groups in total. The van der Waals surface area contributed by atoms with Gasteiger partial charge in [-0.15, -0.1) is 0 Å². The summed E-state index contributed by atoms with van der Waals surface area (Å²) >= 11 is 0. The van der Waals surface area contributed by atoms with Crippen molar-refractivity contribution in [2.24, 2.45) is 0 Å². The van der Waals surface area contributed by atoms with Crippen molar-refractivity contribution in [2.75, 3.05) is 6.61 Å². The van der Waals surface area contributed by atoms with Gasteiger partial charge >= 0.3 is 5.97 Å². The van der Waals surface area contributed by atoms with Crippen LogP contribution in [0.15, 0.2) is 78.9 Å². The van der Waals surface area contributed by atoms with Crippen LogP contribution in [0.1, 0.15) is 15.9 Å². The van der Waals surface area contributed by atoms with Crippen LogP contribution in [0.5, 0.6) is 5.75 Å². The number of carboxylic acids is 1. The first kappa shape index (κ1) is 16.5. The van der Waals surface area contributed by atoms with Gasteiger partial charge in [0, 0.05) is 11.1 Å². The molecule has 124 valence electrons. The third-order valence-electron chi connectivity index (χ3n) is 3.73. The standard InChI is InChI=1S/C21H16O4/c22-20(23)14-25-19-12-10-16(11-13-19)15-6-8-18(9-7-15)21(24)17-4-2-1-3-5-17/h1-13H,14H2,(H,22,23). The number of carboxylic acid groups (broad SMARTS) is 1. The largest absolute Gasteiger partial charge is 0.482 e. The van der Waals surface area contributed by atoms with Gasteiger partial charge in [0.2, 0.25) is 0 Å². The van der Waals surface area contributed by atoms with Gasteiger partial charge < -0.3 is 9.84 Å². The normalized spacial score (nSPS) is 10.2. The molecule has 0 atom stereocenters. The molecule has 0 aliphatic heterocycles. The summed E-state index contributed by atoms with van der Waals surface area (Å²) in [5.74, 6) is -0.519. The van der Waals surface area contributed by atoms with Crippen LogP contribution in [0, 0.1) is 0 Å². The minimum Gasteiger partial charge on any atom is -0.482 e. The highest BCUT2D eigenvalue weighted by Gasteiger charge is 2.08. The Bertz CT molecular complexity index is 866. The lowest BCUT2D eigenvalue weighted by molar-refractivity contribution is -0.139. The van der Waals surface area contributed by atoms with Crippen LogP contribution in [0.4, 0.5) is 0 Å². The molecule has 0 aromatic heterocycles. The summed E-state index contributed by atoms with van der Waals surface area (Å²) in [5.41, 5.74) is 3.22. The second kappa shape index (κ2) is 7.45. The molecule has 0 heterocycles. The Morgan fingerprint density at radius 2 is 1.24 bits per heavy atom. The Morgan fingerprint density at radius 1 is 0.720 bits per heavy atom. The van der Waals surface area contributed by atoms with Crippen LogP contribution in [0.3, 0.4) is 0 Å². The lowest BCUT2D eigenvalue weighted by Gasteiger charge is -2.07. The molecule has 3 rings (SSSR count). The zero-order chi connectivity index (χ0) is 17.6. The molecule has 0 unspecified atom stereocenters. The molecule has 0 saturated carbocycles. The van der Waals surface area contributed by atoms with E-state index in [1.807, 2.05) is 42.5 Å². The molecule has 0 spiro atoms. The minimum atomic E-state index is -1.01. The molecule has 4 heteroatoms. The molecule has 0 saturated heterocycles. The van der Waals surface area contributed by atoms with Gasteiger partial charge in [-0.05, 0) is 23.3 Å². The number of carbonyl (C=O) groups excluding carboxylic acids is 1. The van der Waals surface area contributed by atoms with Gasteiger partial charge in [-0.3, -0.25) is 4.79 Å². The maximum absolute atomic E-state index is 12.4. The van der Waals surface area contributed by atoms with Gasteiger partial charge in [-0.25, -0.2) is 4.79 Å².